The Morgan fingerprint density at radius 3 is 2.46 bits per heavy atom. The average Bonchev–Trinajstić information content (AvgIpc) is 2.99. The quantitative estimate of drug-likeness (QED) is 0.793. The zero-order valence-corrected chi connectivity index (χ0v) is 16.7. The molecule has 28 heavy (non-hydrogen) atoms. The molecule has 0 atom stereocenters. The van der Waals surface area contributed by atoms with Crippen LogP contribution in [0, 0.1) is 0 Å². The number of nitrogens with zero attached hydrogens (tertiary/aromatic N) is 1. The Hall–Kier alpha value is -2.08. The molecule has 1 fully saturated rings. The Kier molecular flexibility index (Phi) is 5.32. The molecule has 7 heteroatoms. The number of fused-ring (bicyclic) bond motifs is 1. The number of nitrogens with one attached hydrogen (secondary N) is 1. The molecule has 4 rings (SSSR count). The molecule has 1 N–H and O–H groups in total. The molecule has 2 aliphatic rings. The molecule has 0 bridgehead atoms. The summed E-state index contributed by atoms with van der Waals surface area (Å²) in [6.07, 6.45) is 1.44. The number of benzene rings is 2. The minimum absolute atomic E-state index is 0.0175. The van der Waals surface area contributed by atoms with Crippen molar-refractivity contribution >= 4 is 40.7 Å². The van der Waals surface area contributed by atoms with Gasteiger partial charge in [0.25, 0.3) is 5.91 Å². The maximum atomic E-state index is 13.0. The van der Waals surface area contributed by atoms with E-state index < -0.39 is 5.54 Å². The van der Waals surface area contributed by atoms with Crippen molar-refractivity contribution in [1.82, 2.24) is 4.90 Å². The van der Waals surface area contributed by atoms with Gasteiger partial charge in [-0.1, -0.05) is 41.4 Å². The summed E-state index contributed by atoms with van der Waals surface area (Å²) in [6, 6.07) is 12.5. The highest BCUT2D eigenvalue weighted by Crippen LogP contribution is 2.38. The van der Waals surface area contributed by atoms with Gasteiger partial charge in [-0.2, -0.15) is 0 Å². The topological polar surface area (TPSA) is 58.6 Å². The average molecular weight is 419 g/mol. The smallest absolute Gasteiger partial charge is 0.254 e. The third-order valence-corrected chi connectivity index (χ3v) is 5.89. The van der Waals surface area contributed by atoms with Crippen LogP contribution in [0.3, 0.4) is 0 Å². The lowest BCUT2D eigenvalue weighted by molar-refractivity contribution is -0.120. The highest BCUT2D eigenvalue weighted by molar-refractivity contribution is 6.35. The lowest BCUT2D eigenvalue weighted by Crippen LogP contribution is -2.54. The van der Waals surface area contributed by atoms with E-state index in [0.29, 0.717) is 48.3 Å². The number of ether oxygens (including phenoxy) is 1. The van der Waals surface area contributed by atoms with E-state index in [4.69, 9.17) is 27.9 Å². The zero-order valence-electron chi connectivity index (χ0n) is 15.2. The van der Waals surface area contributed by atoms with Crippen LogP contribution in [0.5, 0.6) is 0 Å². The van der Waals surface area contributed by atoms with E-state index in [-0.39, 0.29) is 18.2 Å². The molecular formula is C21H20Cl2N2O3. The molecule has 5 nitrogen and oxygen atoms in total. The lowest BCUT2D eigenvalue weighted by Gasteiger charge is -2.44. The molecule has 0 spiro atoms. The summed E-state index contributed by atoms with van der Waals surface area (Å²) in [4.78, 5) is 27.8. The van der Waals surface area contributed by atoms with Crippen molar-refractivity contribution in [2.75, 3.05) is 18.5 Å². The van der Waals surface area contributed by atoms with Gasteiger partial charge in [0.15, 0.2) is 0 Å². The first-order valence-electron chi connectivity index (χ1n) is 9.20. The minimum Gasteiger partial charge on any atom is -0.381 e. The van der Waals surface area contributed by atoms with Gasteiger partial charge in [-0.3, -0.25) is 9.59 Å². The Labute approximate surface area is 173 Å². The molecule has 2 aromatic rings. The first kappa shape index (κ1) is 19.2. The van der Waals surface area contributed by atoms with Crippen LogP contribution < -0.4 is 5.32 Å². The van der Waals surface area contributed by atoms with Crippen molar-refractivity contribution in [1.29, 1.82) is 0 Å². The largest absolute Gasteiger partial charge is 0.381 e. The highest BCUT2D eigenvalue weighted by atomic mass is 35.5. The fourth-order valence-corrected chi connectivity index (χ4v) is 4.59. The molecule has 146 valence electrons. The second kappa shape index (κ2) is 7.74. The van der Waals surface area contributed by atoms with Gasteiger partial charge in [-0.25, -0.2) is 0 Å². The summed E-state index contributed by atoms with van der Waals surface area (Å²) in [5.74, 6) is -0.194. The molecule has 2 aromatic carbocycles. The number of hydrogen-bond acceptors (Lipinski definition) is 3. The van der Waals surface area contributed by atoms with Crippen molar-refractivity contribution in [2.24, 2.45) is 0 Å². The summed E-state index contributed by atoms with van der Waals surface area (Å²) < 4.78 is 5.52. The maximum absolute atomic E-state index is 13.0. The van der Waals surface area contributed by atoms with E-state index in [1.165, 1.54) is 0 Å². The molecule has 2 amide bonds. The number of anilines is 1. The normalized spacial score (nSPS) is 18.1. The Bertz CT molecular complexity index is 905. The Balaban J connectivity index is 1.56. The van der Waals surface area contributed by atoms with Crippen molar-refractivity contribution in [2.45, 2.75) is 31.3 Å². The lowest BCUT2D eigenvalue weighted by atomic mass is 9.84. The first-order chi connectivity index (χ1) is 13.5. The summed E-state index contributed by atoms with van der Waals surface area (Å²) in [6.45, 7) is 1.57. The Morgan fingerprint density at radius 2 is 1.79 bits per heavy atom. The monoisotopic (exact) mass is 418 g/mol. The minimum atomic E-state index is -0.569. The van der Waals surface area contributed by atoms with Gasteiger partial charge in [0.1, 0.15) is 0 Å². The number of amides is 2. The van der Waals surface area contributed by atoms with Crippen LogP contribution in [-0.4, -0.2) is 35.5 Å². The third kappa shape index (κ3) is 3.75. The van der Waals surface area contributed by atoms with Gasteiger partial charge in [0.05, 0.1) is 12.0 Å². The van der Waals surface area contributed by atoms with Crippen LogP contribution in [0.2, 0.25) is 10.0 Å². The molecule has 0 unspecified atom stereocenters. The van der Waals surface area contributed by atoms with Crippen LogP contribution in [0.25, 0.3) is 0 Å². The predicted molar refractivity (Wildman–Crippen MR) is 109 cm³/mol. The number of hydrogen-bond donors (Lipinski definition) is 1. The van der Waals surface area contributed by atoms with Crippen LogP contribution in [0.15, 0.2) is 42.5 Å². The molecule has 0 aromatic heterocycles. The molecule has 1 saturated heterocycles. The van der Waals surface area contributed by atoms with Crippen molar-refractivity contribution in [3.63, 3.8) is 0 Å². The van der Waals surface area contributed by atoms with Gasteiger partial charge in [0.2, 0.25) is 5.91 Å². The molecule has 0 aliphatic carbocycles. The fraction of sp³-hybridized carbons (Fsp3) is 0.333. The number of halogens is 2. The van der Waals surface area contributed by atoms with Gasteiger partial charge in [-0.15, -0.1) is 0 Å². The third-order valence-electron chi connectivity index (χ3n) is 5.45. The standard InChI is InChI=1S/C21H20Cl2N2O3/c22-15-9-16(23)11-17(10-15)24-19(26)12-21(5-7-28-8-6-21)25-13-14-3-1-2-4-18(14)20(25)27/h1-4,9-11H,5-8,12-13H2,(H,24,26). The SMILES string of the molecule is O=C(CC1(N2Cc3ccccc3C2=O)CCOCC1)Nc1cc(Cl)cc(Cl)c1. The van der Waals surface area contributed by atoms with E-state index >= 15 is 0 Å². The van der Waals surface area contributed by atoms with Crippen LogP contribution in [0.1, 0.15) is 35.2 Å². The zero-order chi connectivity index (χ0) is 19.7. The summed E-state index contributed by atoms with van der Waals surface area (Å²) >= 11 is 12.0. The van der Waals surface area contributed by atoms with E-state index in [2.05, 4.69) is 5.32 Å². The van der Waals surface area contributed by atoms with Crippen LogP contribution in [0.4, 0.5) is 5.69 Å². The molecule has 2 aliphatic heterocycles. The van der Waals surface area contributed by atoms with Crippen molar-refractivity contribution in [3.8, 4) is 0 Å². The number of carbonyl (C=O) groups is 2. The highest BCUT2D eigenvalue weighted by Gasteiger charge is 2.46. The van der Waals surface area contributed by atoms with Crippen LogP contribution >= 0.6 is 23.2 Å². The first-order valence-corrected chi connectivity index (χ1v) is 9.96. The number of rotatable bonds is 4. The van der Waals surface area contributed by atoms with E-state index in [1.54, 1.807) is 18.2 Å². The van der Waals surface area contributed by atoms with Gasteiger partial charge >= 0.3 is 0 Å². The van der Waals surface area contributed by atoms with E-state index in [1.807, 2.05) is 29.2 Å². The second-order valence-electron chi connectivity index (χ2n) is 7.27. The molecule has 0 radical (unpaired) electrons. The van der Waals surface area contributed by atoms with E-state index in [0.717, 1.165) is 11.1 Å². The van der Waals surface area contributed by atoms with Crippen molar-refractivity contribution in [3.05, 3.63) is 63.6 Å². The summed E-state index contributed by atoms with van der Waals surface area (Å²) in [7, 11) is 0. The number of carbonyl (C=O) groups excluding carboxylic acids is 2. The molecule has 0 saturated carbocycles. The summed E-state index contributed by atoms with van der Waals surface area (Å²) in [5, 5.41) is 3.77. The van der Waals surface area contributed by atoms with Gasteiger partial charge < -0.3 is 15.0 Å². The molecule has 2 heterocycles. The van der Waals surface area contributed by atoms with E-state index in [9.17, 15) is 9.59 Å². The van der Waals surface area contributed by atoms with Gasteiger partial charge in [0, 0.05) is 41.1 Å². The second-order valence-corrected chi connectivity index (χ2v) is 8.14. The maximum Gasteiger partial charge on any atom is 0.254 e. The Morgan fingerprint density at radius 1 is 1.11 bits per heavy atom. The predicted octanol–water partition coefficient (Wildman–Crippen LogP) is 4.53. The fourth-order valence-electron chi connectivity index (χ4n) is 4.06. The van der Waals surface area contributed by atoms with Crippen molar-refractivity contribution < 1.29 is 14.3 Å². The van der Waals surface area contributed by atoms with Crippen LogP contribution in [-0.2, 0) is 16.1 Å². The summed E-state index contributed by atoms with van der Waals surface area (Å²) in [5.41, 5.74) is 1.69. The van der Waals surface area contributed by atoms with Gasteiger partial charge in [-0.05, 0) is 42.7 Å². The molecular weight excluding hydrogens is 399 g/mol.